The highest BCUT2D eigenvalue weighted by molar-refractivity contribution is 5.89. The maximum atomic E-state index is 11.3. The van der Waals surface area contributed by atoms with Crippen LogP contribution in [0, 0.1) is 0 Å². The van der Waals surface area contributed by atoms with E-state index in [1.165, 1.54) is 7.11 Å². The zero-order valence-electron chi connectivity index (χ0n) is 11.2. The molecular formula is C14H17NO5. The smallest absolute Gasteiger partial charge is 0.337 e. The zero-order chi connectivity index (χ0) is 14.5. The Kier molecular flexibility index (Phi) is 4.70. The van der Waals surface area contributed by atoms with Gasteiger partial charge in [0, 0.05) is 19.6 Å². The molecular weight excluding hydrogens is 262 g/mol. The van der Waals surface area contributed by atoms with Gasteiger partial charge in [0.25, 0.3) is 0 Å². The van der Waals surface area contributed by atoms with Crippen LogP contribution in [0.4, 0.5) is 0 Å². The minimum absolute atomic E-state index is 0.367. The number of carbonyl (C=O) groups is 2. The molecule has 1 N–H and O–H groups in total. The van der Waals surface area contributed by atoms with Crippen LogP contribution in [0.15, 0.2) is 24.3 Å². The van der Waals surface area contributed by atoms with Crippen molar-refractivity contribution >= 4 is 11.9 Å². The Balaban J connectivity index is 1.96. The second-order valence-corrected chi connectivity index (χ2v) is 4.62. The summed E-state index contributed by atoms with van der Waals surface area (Å²) >= 11 is 0. The molecule has 20 heavy (non-hydrogen) atoms. The van der Waals surface area contributed by atoms with Crippen LogP contribution in [0.5, 0.6) is 0 Å². The second kappa shape index (κ2) is 6.49. The molecule has 1 aromatic rings. The summed E-state index contributed by atoms with van der Waals surface area (Å²) in [7, 11) is 1.34. The summed E-state index contributed by atoms with van der Waals surface area (Å²) in [5.41, 5.74) is 1.52. The number of hydrogen-bond donors (Lipinski definition) is 1. The van der Waals surface area contributed by atoms with Gasteiger partial charge in [-0.05, 0) is 17.7 Å². The first-order valence-corrected chi connectivity index (χ1v) is 6.34. The van der Waals surface area contributed by atoms with E-state index in [0.717, 1.165) is 5.56 Å². The molecule has 0 amide bonds. The summed E-state index contributed by atoms with van der Waals surface area (Å²) in [6.07, 6.45) is -0.766. The number of benzene rings is 1. The number of ether oxygens (including phenoxy) is 2. The van der Waals surface area contributed by atoms with E-state index < -0.39 is 12.1 Å². The Labute approximate surface area is 116 Å². The van der Waals surface area contributed by atoms with Crippen molar-refractivity contribution in [1.29, 1.82) is 0 Å². The molecule has 1 saturated heterocycles. The molecule has 1 aromatic carbocycles. The summed E-state index contributed by atoms with van der Waals surface area (Å²) in [4.78, 5) is 24.2. The molecule has 1 unspecified atom stereocenters. The fraction of sp³-hybridized carbons (Fsp3) is 0.429. The lowest BCUT2D eigenvalue weighted by atomic mass is 10.1. The van der Waals surface area contributed by atoms with Crippen LogP contribution in [-0.2, 0) is 20.8 Å². The van der Waals surface area contributed by atoms with Crippen molar-refractivity contribution in [2.24, 2.45) is 0 Å². The number of carboxylic acids is 1. The number of carbonyl (C=O) groups excluding carboxylic acids is 1. The number of hydrogen-bond acceptors (Lipinski definition) is 5. The van der Waals surface area contributed by atoms with Crippen LogP contribution in [0.1, 0.15) is 15.9 Å². The first-order chi connectivity index (χ1) is 9.60. The highest BCUT2D eigenvalue weighted by Gasteiger charge is 2.26. The summed E-state index contributed by atoms with van der Waals surface area (Å²) < 4.78 is 9.81. The summed E-state index contributed by atoms with van der Waals surface area (Å²) in [5.74, 6) is -1.30. The average Bonchev–Trinajstić information content (AvgIpc) is 2.47. The van der Waals surface area contributed by atoms with E-state index in [0.29, 0.717) is 31.8 Å². The van der Waals surface area contributed by atoms with E-state index in [9.17, 15) is 9.59 Å². The lowest BCUT2D eigenvalue weighted by Crippen LogP contribution is -2.45. The Morgan fingerprint density at radius 2 is 2.10 bits per heavy atom. The van der Waals surface area contributed by atoms with Crippen molar-refractivity contribution in [3.05, 3.63) is 35.4 Å². The van der Waals surface area contributed by atoms with Crippen molar-refractivity contribution < 1.29 is 24.2 Å². The fourth-order valence-corrected chi connectivity index (χ4v) is 2.12. The van der Waals surface area contributed by atoms with Crippen molar-refractivity contribution in [2.45, 2.75) is 12.6 Å². The summed E-state index contributed by atoms with van der Waals surface area (Å²) in [5, 5.41) is 8.94. The number of esters is 1. The number of morpholine rings is 1. The monoisotopic (exact) mass is 279 g/mol. The van der Waals surface area contributed by atoms with Crippen LogP contribution in [-0.4, -0.2) is 54.9 Å². The van der Waals surface area contributed by atoms with Gasteiger partial charge in [-0.15, -0.1) is 0 Å². The van der Waals surface area contributed by atoms with E-state index >= 15 is 0 Å². The molecule has 1 atom stereocenters. The molecule has 1 fully saturated rings. The minimum Gasteiger partial charge on any atom is -0.479 e. The first-order valence-electron chi connectivity index (χ1n) is 6.34. The number of rotatable bonds is 4. The molecule has 2 rings (SSSR count). The van der Waals surface area contributed by atoms with E-state index in [1.807, 2.05) is 17.0 Å². The molecule has 1 aliphatic rings. The predicted molar refractivity (Wildman–Crippen MR) is 70.4 cm³/mol. The molecule has 0 aliphatic carbocycles. The normalized spacial score (nSPS) is 19.6. The van der Waals surface area contributed by atoms with Crippen molar-refractivity contribution in [2.75, 3.05) is 26.8 Å². The van der Waals surface area contributed by atoms with Gasteiger partial charge in [0.1, 0.15) is 0 Å². The molecule has 108 valence electrons. The average molecular weight is 279 g/mol. The maximum absolute atomic E-state index is 11.3. The Hall–Kier alpha value is -1.92. The third kappa shape index (κ3) is 3.55. The van der Waals surface area contributed by atoms with Gasteiger partial charge < -0.3 is 14.6 Å². The molecule has 6 heteroatoms. The van der Waals surface area contributed by atoms with Gasteiger partial charge in [-0.25, -0.2) is 9.59 Å². The van der Waals surface area contributed by atoms with Crippen molar-refractivity contribution in [3.63, 3.8) is 0 Å². The molecule has 0 radical (unpaired) electrons. The van der Waals surface area contributed by atoms with E-state index in [4.69, 9.17) is 9.84 Å². The number of aliphatic carboxylic acids is 1. The Bertz CT molecular complexity index is 485. The lowest BCUT2D eigenvalue weighted by Gasteiger charge is -2.30. The topological polar surface area (TPSA) is 76.1 Å². The highest BCUT2D eigenvalue weighted by atomic mass is 16.5. The Morgan fingerprint density at radius 3 is 2.70 bits per heavy atom. The van der Waals surface area contributed by atoms with E-state index in [2.05, 4.69) is 4.74 Å². The van der Waals surface area contributed by atoms with Crippen LogP contribution in [0.2, 0.25) is 0 Å². The Morgan fingerprint density at radius 1 is 1.40 bits per heavy atom. The van der Waals surface area contributed by atoms with E-state index in [-0.39, 0.29) is 5.97 Å². The first kappa shape index (κ1) is 14.5. The fourth-order valence-electron chi connectivity index (χ4n) is 2.12. The number of carboxylic acid groups (broad SMARTS) is 1. The standard InChI is InChI=1S/C14H17NO5/c1-19-14(18)11-4-2-10(3-5-11)8-15-6-7-20-12(9-15)13(16)17/h2-5,12H,6-9H2,1H3,(H,16,17). The van der Waals surface area contributed by atoms with Crippen LogP contribution < -0.4 is 0 Å². The molecule has 1 heterocycles. The highest BCUT2D eigenvalue weighted by Crippen LogP contribution is 2.12. The quantitative estimate of drug-likeness (QED) is 0.820. The van der Waals surface area contributed by atoms with Crippen LogP contribution >= 0.6 is 0 Å². The minimum atomic E-state index is -0.935. The second-order valence-electron chi connectivity index (χ2n) is 4.62. The van der Waals surface area contributed by atoms with Crippen molar-refractivity contribution in [1.82, 2.24) is 4.90 Å². The SMILES string of the molecule is COC(=O)c1ccc(CN2CCOC(C(=O)O)C2)cc1. The van der Waals surface area contributed by atoms with Gasteiger partial charge >= 0.3 is 11.9 Å². The van der Waals surface area contributed by atoms with Crippen LogP contribution in [0.3, 0.4) is 0 Å². The molecule has 0 saturated carbocycles. The van der Waals surface area contributed by atoms with Gasteiger partial charge in [0.05, 0.1) is 19.3 Å². The third-order valence-electron chi connectivity index (χ3n) is 3.21. The zero-order valence-corrected chi connectivity index (χ0v) is 11.2. The molecule has 0 bridgehead atoms. The number of nitrogens with zero attached hydrogens (tertiary/aromatic N) is 1. The van der Waals surface area contributed by atoms with Crippen LogP contribution in [0.25, 0.3) is 0 Å². The van der Waals surface area contributed by atoms with Gasteiger partial charge in [0.2, 0.25) is 0 Å². The molecule has 6 nitrogen and oxygen atoms in total. The molecule has 1 aliphatic heterocycles. The maximum Gasteiger partial charge on any atom is 0.337 e. The lowest BCUT2D eigenvalue weighted by molar-refractivity contribution is -0.156. The summed E-state index contributed by atoms with van der Waals surface area (Å²) in [6, 6.07) is 7.10. The predicted octanol–water partition coefficient (Wildman–Crippen LogP) is 0.759. The van der Waals surface area contributed by atoms with Gasteiger partial charge in [-0.1, -0.05) is 12.1 Å². The van der Waals surface area contributed by atoms with Gasteiger partial charge in [-0.3, -0.25) is 4.90 Å². The number of methoxy groups -OCH3 is 1. The third-order valence-corrected chi connectivity index (χ3v) is 3.21. The largest absolute Gasteiger partial charge is 0.479 e. The molecule has 0 aromatic heterocycles. The van der Waals surface area contributed by atoms with Gasteiger partial charge in [0.15, 0.2) is 6.10 Å². The van der Waals surface area contributed by atoms with Crippen molar-refractivity contribution in [3.8, 4) is 0 Å². The molecule has 0 spiro atoms. The van der Waals surface area contributed by atoms with Gasteiger partial charge in [-0.2, -0.15) is 0 Å². The summed E-state index contributed by atoms with van der Waals surface area (Å²) in [6.45, 7) is 2.11. The van der Waals surface area contributed by atoms with E-state index in [1.54, 1.807) is 12.1 Å².